The van der Waals surface area contributed by atoms with Crippen molar-refractivity contribution in [3.8, 4) is 0 Å². The van der Waals surface area contributed by atoms with E-state index < -0.39 is 0 Å². The molecule has 16 heavy (non-hydrogen) atoms. The molecular weight excluding hydrogens is 216 g/mol. The topological polar surface area (TPSA) is 15.3 Å². The molecular formula is C13H26N2S. The van der Waals surface area contributed by atoms with Crippen LogP contribution >= 0.6 is 11.8 Å². The van der Waals surface area contributed by atoms with Crippen LogP contribution in [0.25, 0.3) is 0 Å². The maximum Gasteiger partial charge on any atom is 0.0231 e. The molecule has 0 bridgehead atoms. The highest BCUT2D eigenvalue weighted by molar-refractivity contribution is 8.00. The maximum absolute atomic E-state index is 3.63. The van der Waals surface area contributed by atoms with Gasteiger partial charge in [0.1, 0.15) is 0 Å². The third-order valence-corrected chi connectivity index (χ3v) is 4.70. The second-order valence-corrected chi connectivity index (χ2v) is 7.93. The SMILES string of the molecule is CC(CNC1CC1)CN1CCSC(C)(C)C1. The summed E-state index contributed by atoms with van der Waals surface area (Å²) in [6.07, 6.45) is 2.81. The zero-order valence-corrected chi connectivity index (χ0v) is 11.8. The van der Waals surface area contributed by atoms with Gasteiger partial charge in [0.2, 0.25) is 0 Å². The molecule has 0 aromatic heterocycles. The van der Waals surface area contributed by atoms with Crippen LogP contribution in [-0.2, 0) is 0 Å². The van der Waals surface area contributed by atoms with Gasteiger partial charge in [-0.15, -0.1) is 0 Å². The van der Waals surface area contributed by atoms with Gasteiger partial charge in [0.25, 0.3) is 0 Å². The van der Waals surface area contributed by atoms with Crippen LogP contribution in [0.3, 0.4) is 0 Å². The monoisotopic (exact) mass is 242 g/mol. The molecule has 0 aromatic carbocycles. The third-order valence-electron chi connectivity index (χ3n) is 3.41. The largest absolute Gasteiger partial charge is 0.314 e. The zero-order valence-electron chi connectivity index (χ0n) is 11.0. The minimum Gasteiger partial charge on any atom is -0.314 e. The summed E-state index contributed by atoms with van der Waals surface area (Å²) in [5.41, 5.74) is 0. The second kappa shape index (κ2) is 5.28. The molecule has 0 aromatic rings. The lowest BCUT2D eigenvalue weighted by atomic mass is 10.1. The van der Waals surface area contributed by atoms with E-state index in [-0.39, 0.29) is 0 Å². The standard InChI is InChI=1S/C13H26N2S/c1-11(8-14-12-4-5-12)9-15-6-7-16-13(2,3)10-15/h11-12,14H,4-10H2,1-3H3. The highest BCUT2D eigenvalue weighted by Crippen LogP contribution is 2.29. The first kappa shape index (κ1) is 12.7. The Kier molecular flexibility index (Phi) is 4.20. The van der Waals surface area contributed by atoms with Gasteiger partial charge < -0.3 is 10.2 Å². The third kappa shape index (κ3) is 4.27. The Morgan fingerprint density at radius 2 is 2.19 bits per heavy atom. The summed E-state index contributed by atoms with van der Waals surface area (Å²) in [5, 5.41) is 3.63. The molecule has 0 spiro atoms. The fourth-order valence-electron chi connectivity index (χ4n) is 2.43. The molecule has 2 aliphatic rings. The number of thioether (sulfide) groups is 1. The molecule has 1 N–H and O–H groups in total. The number of hydrogen-bond acceptors (Lipinski definition) is 3. The van der Waals surface area contributed by atoms with E-state index in [1.807, 2.05) is 0 Å². The van der Waals surface area contributed by atoms with Gasteiger partial charge in [0.05, 0.1) is 0 Å². The molecule has 1 heterocycles. The van der Waals surface area contributed by atoms with Gasteiger partial charge in [-0.05, 0) is 39.2 Å². The summed E-state index contributed by atoms with van der Waals surface area (Å²) < 4.78 is 0.460. The average Bonchev–Trinajstić information content (AvgIpc) is 2.96. The van der Waals surface area contributed by atoms with Gasteiger partial charge >= 0.3 is 0 Å². The van der Waals surface area contributed by atoms with Gasteiger partial charge in [0, 0.05) is 36.2 Å². The number of hydrogen-bond donors (Lipinski definition) is 1. The van der Waals surface area contributed by atoms with Crippen molar-refractivity contribution in [2.24, 2.45) is 5.92 Å². The van der Waals surface area contributed by atoms with Crippen molar-refractivity contribution in [2.45, 2.75) is 44.4 Å². The first-order valence-corrected chi connectivity index (χ1v) is 7.63. The molecule has 1 saturated carbocycles. The predicted octanol–water partition coefficient (Wildman–Crippen LogP) is 2.20. The Hall–Kier alpha value is 0.270. The van der Waals surface area contributed by atoms with Crippen LogP contribution in [-0.4, -0.2) is 47.6 Å². The molecule has 1 aliphatic carbocycles. The van der Waals surface area contributed by atoms with Crippen molar-refractivity contribution in [3.63, 3.8) is 0 Å². The molecule has 94 valence electrons. The number of rotatable bonds is 5. The van der Waals surface area contributed by atoms with Gasteiger partial charge in [-0.3, -0.25) is 0 Å². The summed E-state index contributed by atoms with van der Waals surface area (Å²) >= 11 is 2.12. The fraction of sp³-hybridized carbons (Fsp3) is 1.00. The summed E-state index contributed by atoms with van der Waals surface area (Å²) in [5.74, 6) is 2.09. The smallest absolute Gasteiger partial charge is 0.0231 e. The maximum atomic E-state index is 3.63. The Balaban J connectivity index is 1.66. The molecule has 1 aliphatic heterocycles. The van der Waals surface area contributed by atoms with Crippen LogP contribution in [0.15, 0.2) is 0 Å². The normalized spacial score (nSPS) is 27.9. The Morgan fingerprint density at radius 3 is 2.81 bits per heavy atom. The first-order chi connectivity index (χ1) is 7.55. The van der Waals surface area contributed by atoms with E-state index in [0.717, 1.165) is 12.0 Å². The Morgan fingerprint density at radius 1 is 1.44 bits per heavy atom. The summed E-state index contributed by atoms with van der Waals surface area (Å²) in [6.45, 7) is 12.1. The van der Waals surface area contributed by atoms with Crippen LogP contribution in [0.5, 0.6) is 0 Å². The van der Waals surface area contributed by atoms with Crippen molar-refractivity contribution >= 4 is 11.8 Å². The summed E-state index contributed by atoms with van der Waals surface area (Å²) in [6, 6.07) is 0.857. The van der Waals surface area contributed by atoms with Crippen LogP contribution in [0.4, 0.5) is 0 Å². The lowest BCUT2D eigenvalue weighted by Gasteiger charge is -2.38. The van der Waals surface area contributed by atoms with Gasteiger partial charge in [-0.1, -0.05) is 6.92 Å². The second-order valence-electron chi connectivity index (χ2n) is 6.13. The van der Waals surface area contributed by atoms with Crippen LogP contribution in [0, 0.1) is 5.92 Å². The minimum absolute atomic E-state index is 0.460. The fourth-order valence-corrected chi connectivity index (χ4v) is 3.61. The minimum atomic E-state index is 0.460. The van der Waals surface area contributed by atoms with Crippen LogP contribution in [0.2, 0.25) is 0 Å². The van der Waals surface area contributed by atoms with Gasteiger partial charge in [-0.2, -0.15) is 11.8 Å². The Labute approximate surface area is 105 Å². The summed E-state index contributed by atoms with van der Waals surface area (Å²) in [4.78, 5) is 2.65. The van der Waals surface area contributed by atoms with E-state index in [0.29, 0.717) is 4.75 Å². The molecule has 2 rings (SSSR count). The van der Waals surface area contributed by atoms with E-state index in [1.54, 1.807) is 0 Å². The average molecular weight is 242 g/mol. The van der Waals surface area contributed by atoms with E-state index >= 15 is 0 Å². The number of nitrogens with zero attached hydrogens (tertiary/aromatic N) is 1. The zero-order chi connectivity index (χ0) is 11.6. The molecule has 2 fully saturated rings. The summed E-state index contributed by atoms with van der Waals surface area (Å²) in [7, 11) is 0. The highest BCUT2D eigenvalue weighted by Gasteiger charge is 2.28. The first-order valence-electron chi connectivity index (χ1n) is 6.65. The number of nitrogens with one attached hydrogen (secondary N) is 1. The highest BCUT2D eigenvalue weighted by atomic mass is 32.2. The van der Waals surface area contributed by atoms with Gasteiger partial charge in [0.15, 0.2) is 0 Å². The van der Waals surface area contributed by atoms with Crippen molar-refractivity contribution in [2.75, 3.05) is 31.9 Å². The lowest BCUT2D eigenvalue weighted by molar-refractivity contribution is 0.224. The van der Waals surface area contributed by atoms with E-state index in [1.165, 1.54) is 44.8 Å². The van der Waals surface area contributed by atoms with Crippen molar-refractivity contribution in [3.05, 3.63) is 0 Å². The molecule has 0 amide bonds. The van der Waals surface area contributed by atoms with Crippen molar-refractivity contribution < 1.29 is 0 Å². The predicted molar refractivity (Wildman–Crippen MR) is 73.2 cm³/mol. The van der Waals surface area contributed by atoms with E-state index in [2.05, 4.69) is 42.7 Å². The molecule has 2 nitrogen and oxygen atoms in total. The van der Waals surface area contributed by atoms with Crippen molar-refractivity contribution in [1.29, 1.82) is 0 Å². The quantitative estimate of drug-likeness (QED) is 0.796. The van der Waals surface area contributed by atoms with Crippen molar-refractivity contribution in [1.82, 2.24) is 10.2 Å². The van der Waals surface area contributed by atoms with E-state index in [9.17, 15) is 0 Å². The molecule has 3 heteroatoms. The Bertz CT molecular complexity index is 226. The molecule has 1 saturated heterocycles. The lowest BCUT2D eigenvalue weighted by Crippen LogP contribution is -2.45. The molecule has 1 atom stereocenters. The van der Waals surface area contributed by atoms with Crippen LogP contribution < -0.4 is 5.32 Å². The molecule has 0 radical (unpaired) electrons. The van der Waals surface area contributed by atoms with Gasteiger partial charge in [-0.25, -0.2) is 0 Å². The van der Waals surface area contributed by atoms with Crippen LogP contribution in [0.1, 0.15) is 33.6 Å². The molecule has 1 unspecified atom stereocenters. The van der Waals surface area contributed by atoms with E-state index in [4.69, 9.17) is 0 Å².